The van der Waals surface area contributed by atoms with Gasteiger partial charge >= 0.3 is 0 Å². The topological polar surface area (TPSA) is 39.7 Å². The standard InChI is InChI=1S/C18H30N4/c1-3-11-20-18(19-2)21-14-16-7-9-17(10-8-16)15-22-12-5-4-6-13-22/h7-10H,3-6,11-15H2,1-2H3,(H2,19,20,21). The van der Waals surface area contributed by atoms with E-state index in [1.54, 1.807) is 0 Å². The minimum Gasteiger partial charge on any atom is -0.356 e. The van der Waals surface area contributed by atoms with Gasteiger partial charge in [-0.05, 0) is 43.5 Å². The van der Waals surface area contributed by atoms with Gasteiger partial charge in [-0.15, -0.1) is 0 Å². The molecule has 1 heterocycles. The van der Waals surface area contributed by atoms with E-state index in [1.165, 1.54) is 43.5 Å². The molecule has 0 bridgehead atoms. The monoisotopic (exact) mass is 302 g/mol. The summed E-state index contributed by atoms with van der Waals surface area (Å²) in [6, 6.07) is 8.96. The predicted molar refractivity (Wildman–Crippen MR) is 94.1 cm³/mol. The van der Waals surface area contributed by atoms with E-state index in [4.69, 9.17) is 0 Å². The van der Waals surface area contributed by atoms with Gasteiger partial charge in [0.25, 0.3) is 0 Å². The van der Waals surface area contributed by atoms with E-state index < -0.39 is 0 Å². The highest BCUT2D eigenvalue weighted by Crippen LogP contribution is 2.13. The van der Waals surface area contributed by atoms with Gasteiger partial charge in [-0.2, -0.15) is 0 Å². The summed E-state index contributed by atoms with van der Waals surface area (Å²) in [5, 5.41) is 6.64. The Kier molecular flexibility index (Phi) is 7.23. The molecular weight excluding hydrogens is 272 g/mol. The predicted octanol–water partition coefficient (Wildman–Crippen LogP) is 2.75. The maximum absolute atomic E-state index is 4.22. The third-order valence-corrected chi connectivity index (χ3v) is 4.10. The number of piperidine rings is 1. The average Bonchev–Trinajstić information content (AvgIpc) is 2.57. The number of hydrogen-bond acceptors (Lipinski definition) is 2. The number of nitrogens with one attached hydrogen (secondary N) is 2. The van der Waals surface area contributed by atoms with Gasteiger partial charge < -0.3 is 10.6 Å². The Bertz CT molecular complexity index is 447. The van der Waals surface area contributed by atoms with E-state index in [-0.39, 0.29) is 0 Å². The number of rotatable bonds is 6. The zero-order valence-corrected chi connectivity index (χ0v) is 14.1. The van der Waals surface area contributed by atoms with Gasteiger partial charge in [0.05, 0.1) is 0 Å². The molecule has 0 spiro atoms. The molecule has 0 unspecified atom stereocenters. The first kappa shape index (κ1) is 16.8. The quantitative estimate of drug-likeness (QED) is 0.627. The Balaban J connectivity index is 1.78. The van der Waals surface area contributed by atoms with Crippen molar-refractivity contribution >= 4 is 5.96 Å². The molecule has 1 aliphatic heterocycles. The molecule has 4 nitrogen and oxygen atoms in total. The van der Waals surface area contributed by atoms with Crippen LogP contribution in [0.1, 0.15) is 43.7 Å². The van der Waals surface area contributed by atoms with E-state index in [1.807, 2.05) is 7.05 Å². The molecule has 1 aromatic carbocycles. The van der Waals surface area contributed by atoms with E-state index >= 15 is 0 Å². The summed E-state index contributed by atoms with van der Waals surface area (Å²) in [5.41, 5.74) is 2.71. The van der Waals surface area contributed by atoms with Gasteiger partial charge in [-0.3, -0.25) is 9.89 Å². The molecule has 1 fully saturated rings. The normalized spacial score (nSPS) is 16.5. The average molecular weight is 302 g/mol. The number of aliphatic imine (C=N–C) groups is 1. The minimum absolute atomic E-state index is 0.813. The van der Waals surface area contributed by atoms with Crippen LogP contribution in [-0.4, -0.2) is 37.5 Å². The summed E-state index contributed by atoms with van der Waals surface area (Å²) in [7, 11) is 1.81. The van der Waals surface area contributed by atoms with Gasteiger partial charge in [0, 0.05) is 26.7 Å². The fourth-order valence-electron chi connectivity index (χ4n) is 2.79. The van der Waals surface area contributed by atoms with Crippen LogP contribution >= 0.6 is 0 Å². The SMILES string of the molecule is CCCNC(=NC)NCc1ccc(CN2CCCCC2)cc1. The van der Waals surface area contributed by atoms with Gasteiger partial charge in [0.15, 0.2) is 5.96 Å². The molecule has 1 aromatic rings. The molecule has 0 radical (unpaired) electrons. The molecule has 0 saturated carbocycles. The minimum atomic E-state index is 0.813. The Hall–Kier alpha value is -1.55. The first-order chi connectivity index (χ1) is 10.8. The summed E-state index contributed by atoms with van der Waals surface area (Å²) in [4.78, 5) is 6.79. The second-order valence-electron chi connectivity index (χ2n) is 6.01. The smallest absolute Gasteiger partial charge is 0.191 e. The summed E-state index contributed by atoms with van der Waals surface area (Å²) >= 11 is 0. The number of nitrogens with zero attached hydrogens (tertiary/aromatic N) is 2. The number of benzene rings is 1. The molecule has 2 N–H and O–H groups in total. The number of guanidine groups is 1. The Morgan fingerprint density at radius 1 is 1.05 bits per heavy atom. The van der Waals surface area contributed by atoms with Crippen LogP contribution in [0.15, 0.2) is 29.3 Å². The van der Waals surface area contributed by atoms with Crippen LogP contribution in [0.3, 0.4) is 0 Å². The maximum Gasteiger partial charge on any atom is 0.191 e. The Morgan fingerprint density at radius 3 is 2.36 bits per heavy atom. The lowest BCUT2D eigenvalue weighted by Crippen LogP contribution is -2.37. The lowest BCUT2D eigenvalue weighted by Gasteiger charge is -2.26. The highest BCUT2D eigenvalue weighted by atomic mass is 15.2. The Labute approximate surface area is 135 Å². The van der Waals surface area contributed by atoms with Crippen molar-refractivity contribution in [2.75, 3.05) is 26.7 Å². The van der Waals surface area contributed by atoms with E-state index in [9.17, 15) is 0 Å². The molecule has 4 heteroatoms. The molecule has 0 amide bonds. The van der Waals surface area contributed by atoms with E-state index in [2.05, 4.69) is 51.7 Å². The highest BCUT2D eigenvalue weighted by Gasteiger charge is 2.10. The van der Waals surface area contributed by atoms with Crippen LogP contribution in [0.25, 0.3) is 0 Å². The second-order valence-corrected chi connectivity index (χ2v) is 6.01. The van der Waals surface area contributed by atoms with Crippen molar-refractivity contribution in [3.05, 3.63) is 35.4 Å². The van der Waals surface area contributed by atoms with Crippen molar-refractivity contribution in [1.82, 2.24) is 15.5 Å². The van der Waals surface area contributed by atoms with Gasteiger partial charge in [0.2, 0.25) is 0 Å². The van der Waals surface area contributed by atoms with Gasteiger partial charge in [0.1, 0.15) is 0 Å². The molecule has 0 aromatic heterocycles. The second kappa shape index (κ2) is 9.46. The van der Waals surface area contributed by atoms with Crippen LogP contribution in [-0.2, 0) is 13.1 Å². The van der Waals surface area contributed by atoms with Crippen LogP contribution in [0.4, 0.5) is 0 Å². The molecular formula is C18H30N4. The molecule has 22 heavy (non-hydrogen) atoms. The molecule has 0 aliphatic carbocycles. The van der Waals surface area contributed by atoms with Crippen molar-refractivity contribution in [3.8, 4) is 0 Å². The summed E-state index contributed by atoms with van der Waals surface area (Å²) in [5.74, 6) is 0.874. The van der Waals surface area contributed by atoms with Gasteiger partial charge in [-0.1, -0.05) is 37.6 Å². The van der Waals surface area contributed by atoms with Crippen molar-refractivity contribution < 1.29 is 0 Å². The van der Waals surface area contributed by atoms with Crippen molar-refractivity contribution in [1.29, 1.82) is 0 Å². The largest absolute Gasteiger partial charge is 0.356 e. The summed E-state index contributed by atoms with van der Waals surface area (Å²) in [6.07, 6.45) is 5.21. The molecule has 1 saturated heterocycles. The molecule has 122 valence electrons. The van der Waals surface area contributed by atoms with E-state index in [0.29, 0.717) is 0 Å². The lowest BCUT2D eigenvalue weighted by molar-refractivity contribution is 0.221. The van der Waals surface area contributed by atoms with Crippen molar-refractivity contribution in [2.45, 2.75) is 45.7 Å². The maximum atomic E-state index is 4.22. The van der Waals surface area contributed by atoms with Crippen LogP contribution < -0.4 is 10.6 Å². The third-order valence-electron chi connectivity index (χ3n) is 4.10. The van der Waals surface area contributed by atoms with E-state index in [0.717, 1.165) is 32.0 Å². The number of hydrogen-bond donors (Lipinski definition) is 2. The van der Waals surface area contributed by atoms with Crippen molar-refractivity contribution in [3.63, 3.8) is 0 Å². The van der Waals surface area contributed by atoms with Crippen LogP contribution in [0.5, 0.6) is 0 Å². The Morgan fingerprint density at radius 2 is 1.73 bits per heavy atom. The van der Waals surface area contributed by atoms with Crippen molar-refractivity contribution in [2.24, 2.45) is 4.99 Å². The van der Waals surface area contributed by atoms with Crippen LogP contribution in [0.2, 0.25) is 0 Å². The highest BCUT2D eigenvalue weighted by molar-refractivity contribution is 5.79. The molecule has 1 aliphatic rings. The molecule has 2 rings (SSSR count). The van der Waals surface area contributed by atoms with Crippen LogP contribution in [0, 0.1) is 0 Å². The fraction of sp³-hybridized carbons (Fsp3) is 0.611. The fourth-order valence-corrected chi connectivity index (χ4v) is 2.79. The zero-order valence-electron chi connectivity index (χ0n) is 14.1. The lowest BCUT2D eigenvalue weighted by atomic mass is 10.1. The number of likely N-dealkylation sites (tertiary alicyclic amines) is 1. The first-order valence-electron chi connectivity index (χ1n) is 8.56. The zero-order chi connectivity index (χ0) is 15.6. The van der Waals surface area contributed by atoms with Gasteiger partial charge in [-0.25, -0.2) is 0 Å². The third kappa shape index (κ3) is 5.68. The molecule has 0 atom stereocenters. The first-order valence-corrected chi connectivity index (χ1v) is 8.56. The summed E-state index contributed by atoms with van der Waals surface area (Å²) < 4.78 is 0. The summed E-state index contributed by atoms with van der Waals surface area (Å²) in [6.45, 7) is 7.52.